The van der Waals surface area contributed by atoms with Gasteiger partial charge in [-0.25, -0.2) is 4.99 Å². The van der Waals surface area contributed by atoms with E-state index >= 15 is 0 Å². The molecule has 2 aliphatic heterocycles. The Kier molecular flexibility index (Phi) is 5.27. The highest BCUT2D eigenvalue weighted by atomic mass is 16.5. The molecule has 0 aromatic heterocycles. The molecule has 6 nitrogen and oxygen atoms in total. The van der Waals surface area contributed by atoms with Gasteiger partial charge in [-0.2, -0.15) is 0 Å². The van der Waals surface area contributed by atoms with Crippen molar-refractivity contribution < 1.29 is 9.47 Å². The Morgan fingerprint density at radius 1 is 1.03 bits per heavy atom. The van der Waals surface area contributed by atoms with Crippen LogP contribution in [0.1, 0.15) is 17.2 Å². The van der Waals surface area contributed by atoms with Crippen LogP contribution in [0.2, 0.25) is 0 Å². The van der Waals surface area contributed by atoms with E-state index in [4.69, 9.17) is 20.2 Å². The van der Waals surface area contributed by atoms with Gasteiger partial charge in [0.25, 0.3) is 0 Å². The number of nitrogens with zero attached hydrogens (tertiary/aromatic N) is 2. The molecule has 0 saturated carbocycles. The smallest absolute Gasteiger partial charge is 0.194 e. The summed E-state index contributed by atoms with van der Waals surface area (Å²) in [4.78, 5) is 7.00. The third-order valence-electron chi connectivity index (χ3n) is 5.28. The second-order valence-electron chi connectivity index (χ2n) is 7.27. The Labute approximate surface area is 171 Å². The fraction of sp³-hybridized carbons (Fsp3) is 0.261. The van der Waals surface area contributed by atoms with E-state index in [9.17, 15) is 0 Å². The Hall–Kier alpha value is -3.25. The number of methoxy groups -OCH3 is 2. The molecule has 6 heteroatoms. The molecule has 2 aromatic rings. The number of nitrogens with two attached hydrogens (primary N) is 1. The zero-order valence-electron chi connectivity index (χ0n) is 17.0. The summed E-state index contributed by atoms with van der Waals surface area (Å²) in [6, 6.07) is 15.8. The molecule has 1 atom stereocenters. The highest BCUT2D eigenvalue weighted by Gasteiger charge is 2.32. The Balaban J connectivity index is 1.84. The molecular formula is C23H26N4O2. The van der Waals surface area contributed by atoms with Crippen LogP contribution >= 0.6 is 0 Å². The molecule has 29 heavy (non-hydrogen) atoms. The van der Waals surface area contributed by atoms with Crippen molar-refractivity contribution in [3.05, 3.63) is 76.5 Å². The topological polar surface area (TPSA) is 72.1 Å². The van der Waals surface area contributed by atoms with Gasteiger partial charge in [0, 0.05) is 29.9 Å². The first kappa shape index (κ1) is 19.1. The van der Waals surface area contributed by atoms with Gasteiger partial charge in [0.1, 0.15) is 17.5 Å². The van der Waals surface area contributed by atoms with Gasteiger partial charge in [-0.1, -0.05) is 36.4 Å². The summed E-state index contributed by atoms with van der Waals surface area (Å²) in [6.45, 7) is 1.60. The predicted octanol–water partition coefficient (Wildman–Crippen LogP) is 2.95. The number of hydrogen-bond acceptors (Lipinski definition) is 6. The number of para-hydroxylation sites is 2. The standard InChI is InChI=1S/C23H26N4O2/c1-27-13-16(12-15-8-4-6-10-19(15)28-2)21-18(14-27)22(26-23(24)25-21)17-9-5-7-11-20(17)29-3/h4-12,22H,13-14H2,1-3H3,(H3,24,25,26)/b16-12+. The maximum Gasteiger partial charge on any atom is 0.194 e. The molecule has 0 radical (unpaired) electrons. The van der Waals surface area contributed by atoms with Crippen molar-refractivity contribution in [2.24, 2.45) is 10.7 Å². The minimum absolute atomic E-state index is 0.189. The SMILES string of the molecule is COc1ccccc1/C=C1\CN(C)CC2=C1NC(N)=NC2c1ccccc1OC. The third kappa shape index (κ3) is 3.71. The molecule has 3 N–H and O–H groups in total. The van der Waals surface area contributed by atoms with E-state index in [1.807, 2.05) is 36.4 Å². The van der Waals surface area contributed by atoms with Crippen LogP contribution in [0.5, 0.6) is 11.5 Å². The maximum atomic E-state index is 6.21. The zero-order valence-corrected chi connectivity index (χ0v) is 17.0. The fourth-order valence-electron chi connectivity index (χ4n) is 4.00. The first-order chi connectivity index (χ1) is 14.1. The molecule has 0 amide bonds. The minimum atomic E-state index is -0.189. The molecule has 1 unspecified atom stereocenters. The zero-order chi connectivity index (χ0) is 20.4. The normalized spacial score (nSPS) is 20.7. The molecule has 0 saturated heterocycles. The van der Waals surface area contributed by atoms with Crippen molar-refractivity contribution in [3.8, 4) is 11.5 Å². The second kappa shape index (κ2) is 8.01. The van der Waals surface area contributed by atoms with Crippen LogP contribution < -0.4 is 20.5 Å². The molecule has 150 valence electrons. The van der Waals surface area contributed by atoms with Crippen molar-refractivity contribution >= 4 is 12.0 Å². The summed E-state index contributed by atoms with van der Waals surface area (Å²) in [7, 11) is 5.49. The monoisotopic (exact) mass is 390 g/mol. The lowest BCUT2D eigenvalue weighted by Crippen LogP contribution is -2.43. The lowest BCUT2D eigenvalue weighted by Gasteiger charge is -2.36. The first-order valence-electron chi connectivity index (χ1n) is 9.59. The van der Waals surface area contributed by atoms with Crippen LogP contribution in [0.3, 0.4) is 0 Å². The average Bonchev–Trinajstić information content (AvgIpc) is 2.74. The van der Waals surface area contributed by atoms with Gasteiger partial charge in [-0.15, -0.1) is 0 Å². The number of aliphatic imine (C=N–C) groups is 1. The largest absolute Gasteiger partial charge is 0.496 e. The van der Waals surface area contributed by atoms with Gasteiger partial charge in [0.15, 0.2) is 5.96 Å². The minimum Gasteiger partial charge on any atom is -0.496 e. The van der Waals surface area contributed by atoms with Crippen molar-refractivity contribution in [1.29, 1.82) is 0 Å². The van der Waals surface area contributed by atoms with Crippen molar-refractivity contribution in [2.75, 3.05) is 34.4 Å². The molecule has 2 heterocycles. The van der Waals surface area contributed by atoms with Crippen LogP contribution in [-0.2, 0) is 0 Å². The molecule has 2 aromatic carbocycles. The van der Waals surface area contributed by atoms with Crippen LogP contribution in [0.15, 0.2) is 70.4 Å². The van der Waals surface area contributed by atoms with Crippen molar-refractivity contribution in [3.63, 3.8) is 0 Å². The van der Waals surface area contributed by atoms with Crippen LogP contribution in [-0.4, -0.2) is 45.2 Å². The average molecular weight is 390 g/mol. The van der Waals surface area contributed by atoms with E-state index in [1.54, 1.807) is 14.2 Å². The van der Waals surface area contributed by atoms with Crippen LogP contribution in [0.25, 0.3) is 6.08 Å². The molecule has 4 rings (SSSR count). The van der Waals surface area contributed by atoms with E-state index in [-0.39, 0.29) is 6.04 Å². The van der Waals surface area contributed by atoms with Gasteiger partial charge in [0.2, 0.25) is 0 Å². The number of benzene rings is 2. The summed E-state index contributed by atoms with van der Waals surface area (Å²) in [5, 5.41) is 3.31. The maximum absolute atomic E-state index is 6.21. The number of guanidine groups is 1. The van der Waals surface area contributed by atoms with Gasteiger partial charge in [0.05, 0.1) is 14.2 Å². The lowest BCUT2D eigenvalue weighted by molar-refractivity contribution is 0.365. The third-order valence-corrected chi connectivity index (χ3v) is 5.28. The van der Waals surface area contributed by atoms with E-state index < -0.39 is 0 Å². The van der Waals surface area contributed by atoms with Crippen molar-refractivity contribution in [2.45, 2.75) is 6.04 Å². The van der Waals surface area contributed by atoms with Gasteiger partial charge in [-0.05, 0) is 36.4 Å². The second-order valence-corrected chi connectivity index (χ2v) is 7.27. The summed E-state index contributed by atoms with van der Waals surface area (Å²) in [5.74, 6) is 2.07. The quantitative estimate of drug-likeness (QED) is 0.840. The van der Waals surface area contributed by atoms with Crippen LogP contribution in [0, 0.1) is 0 Å². The van der Waals surface area contributed by atoms with Gasteiger partial charge >= 0.3 is 0 Å². The van der Waals surface area contributed by atoms with Crippen LogP contribution in [0.4, 0.5) is 0 Å². The summed E-state index contributed by atoms with van der Waals surface area (Å²) >= 11 is 0. The molecule has 0 aliphatic carbocycles. The fourth-order valence-corrected chi connectivity index (χ4v) is 4.00. The number of rotatable bonds is 4. The molecule has 0 spiro atoms. The van der Waals surface area contributed by atoms with Gasteiger partial charge < -0.3 is 20.5 Å². The predicted molar refractivity (Wildman–Crippen MR) is 116 cm³/mol. The van der Waals surface area contributed by atoms with E-state index in [1.165, 1.54) is 5.57 Å². The Morgan fingerprint density at radius 3 is 2.48 bits per heavy atom. The number of nitrogens with one attached hydrogen (secondary N) is 1. The molecular weight excluding hydrogens is 364 g/mol. The molecule has 0 fully saturated rings. The van der Waals surface area contributed by atoms with E-state index in [0.29, 0.717) is 5.96 Å². The highest BCUT2D eigenvalue weighted by molar-refractivity contribution is 5.84. The Morgan fingerprint density at radius 2 is 1.72 bits per heavy atom. The summed E-state index contributed by atoms with van der Waals surface area (Å²) in [5.41, 5.74) is 11.6. The van der Waals surface area contributed by atoms with E-state index in [2.05, 4.69) is 35.5 Å². The number of likely N-dealkylation sites (N-methyl/N-ethyl adjacent to an activating group) is 1. The van der Waals surface area contributed by atoms with E-state index in [0.717, 1.165) is 47.0 Å². The highest BCUT2D eigenvalue weighted by Crippen LogP contribution is 2.39. The molecule has 2 aliphatic rings. The number of ether oxygens (including phenoxy) is 2. The lowest BCUT2D eigenvalue weighted by atomic mass is 9.89. The Bertz CT molecular complexity index is 1010. The van der Waals surface area contributed by atoms with Crippen molar-refractivity contribution in [1.82, 2.24) is 10.2 Å². The molecule has 0 bridgehead atoms. The van der Waals surface area contributed by atoms with Gasteiger partial charge in [-0.3, -0.25) is 4.90 Å². The summed E-state index contributed by atoms with van der Waals surface area (Å²) < 4.78 is 11.1. The number of hydrogen-bond donors (Lipinski definition) is 2. The first-order valence-corrected chi connectivity index (χ1v) is 9.59. The summed E-state index contributed by atoms with van der Waals surface area (Å²) in [6.07, 6.45) is 2.16.